The van der Waals surface area contributed by atoms with Crippen LogP contribution in [0.4, 0.5) is 17.1 Å². The summed E-state index contributed by atoms with van der Waals surface area (Å²) in [4.78, 5) is 15.5. The molecule has 1 amide bonds. The summed E-state index contributed by atoms with van der Waals surface area (Å²) in [7, 11) is -2.17. The van der Waals surface area contributed by atoms with E-state index in [0.29, 0.717) is 11.3 Å². The van der Waals surface area contributed by atoms with Crippen LogP contribution in [-0.4, -0.2) is 34.5 Å². The lowest BCUT2D eigenvalue weighted by molar-refractivity contribution is 0.102. The third-order valence-corrected chi connectivity index (χ3v) is 7.82. The van der Waals surface area contributed by atoms with Crippen LogP contribution in [0.25, 0.3) is 0 Å². The fourth-order valence-electron chi connectivity index (χ4n) is 4.01. The van der Waals surface area contributed by atoms with Gasteiger partial charge in [-0.25, -0.2) is 8.42 Å². The summed E-state index contributed by atoms with van der Waals surface area (Å²) >= 11 is 0. The van der Waals surface area contributed by atoms with Gasteiger partial charge in [0, 0.05) is 25.7 Å². The third-order valence-electron chi connectivity index (χ3n) is 6.02. The maximum Gasteiger partial charge on any atom is 0.264 e. The number of benzene rings is 3. The van der Waals surface area contributed by atoms with E-state index in [1.165, 1.54) is 17.8 Å². The molecule has 1 aliphatic heterocycles. The quantitative estimate of drug-likeness (QED) is 0.555. The Kier molecular flexibility index (Phi) is 6.70. The van der Waals surface area contributed by atoms with Gasteiger partial charge in [-0.3, -0.25) is 9.10 Å². The number of nitrogens with zero attached hydrogens (tertiary/aromatic N) is 2. The van der Waals surface area contributed by atoms with E-state index in [9.17, 15) is 13.2 Å². The molecule has 0 bridgehead atoms. The third kappa shape index (κ3) is 5.03. The van der Waals surface area contributed by atoms with Crippen LogP contribution in [0.3, 0.4) is 0 Å². The lowest BCUT2D eigenvalue weighted by Gasteiger charge is -2.30. The summed E-state index contributed by atoms with van der Waals surface area (Å²) in [5.74, 6) is -0.227. The molecule has 1 fully saturated rings. The summed E-state index contributed by atoms with van der Waals surface area (Å²) < 4.78 is 27.1. The first-order chi connectivity index (χ1) is 15.9. The zero-order valence-electron chi connectivity index (χ0n) is 19.0. The smallest absolute Gasteiger partial charge is 0.264 e. The van der Waals surface area contributed by atoms with Crippen molar-refractivity contribution >= 4 is 33.0 Å². The summed E-state index contributed by atoms with van der Waals surface area (Å²) in [5, 5.41) is 3.02. The van der Waals surface area contributed by atoms with Crippen LogP contribution < -0.4 is 14.5 Å². The van der Waals surface area contributed by atoms with Crippen molar-refractivity contribution < 1.29 is 13.2 Å². The standard InChI is InChI=1S/C26H29N3O3S/c1-20-10-16-23(17-11-20)33(31,32)28(2)22-14-12-21(13-15-22)26(30)27-24-8-4-5-9-25(24)29-18-6-3-7-19-29/h4-5,8-17H,3,6-7,18-19H2,1-2H3,(H,27,30). The number of hydrogen-bond donors (Lipinski definition) is 1. The SMILES string of the molecule is Cc1ccc(S(=O)(=O)N(C)c2ccc(C(=O)Nc3ccccc3N3CCCCC3)cc2)cc1. The molecule has 1 aliphatic rings. The molecule has 0 aromatic heterocycles. The second-order valence-electron chi connectivity index (χ2n) is 8.35. The number of sulfonamides is 1. The van der Waals surface area contributed by atoms with Gasteiger partial charge in [0.2, 0.25) is 0 Å². The average molecular weight is 464 g/mol. The molecule has 0 aliphatic carbocycles. The van der Waals surface area contributed by atoms with Crippen LogP contribution in [0, 0.1) is 6.92 Å². The van der Waals surface area contributed by atoms with Crippen LogP contribution in [0.2, 0.25) is 0 Å². The Morgan fingerprint density at radius 3 is 2.18 bits per heavy atom. The summed E-state index contributed by atoms with van der Waals surface area (Å²) in [6, 6.07) is 21.2. The van der Waals surface area contributed by atoms with Crippen LogP contribution in [0.5, 0.6) is 0 Å². The normalized spacial score (nSPS) is 14.1. The van der Waals surface area contributed by atoms with Crippen LogP contribution in [-0.2, 0) is 10.0 Å². The fraction of sp³-hybridized carbons (Fsp3) is 0.269. The van der Waals surface area contributed by atoms with Gasteiger partial charge >= 0.3 is 0 Å². The summed E-state index contributed by atoms with van der Waals surface area (Å²) in [6.07, 6.45) is 3.55. The van der Waals surface area contributed by atoms with Crippen molar-refractivity contribution in [2.45, 2.75) is 31.1 Å². The molecule has 33 heavy (non-hydrogen) atoms. The fourth-order valence-corrected chi connectivity index (χ4v) is 5.21. The van der Waals surface area contributed by atoms with Gasteiger partial charge < -0.3 is 10.2 Å². The minimum Gasteiger partial charge on any atom is -0.370 e. The molecule has 7 heteroatoms. The van der Waals surface area contributed by atoms with Gasteiger partial charge in [0.25, 0.3) is 15.9 Å². The highest BCUT2D eigenvalue weighted by atomic mass is 32.2. The van der Waals surface area contributed by atoms with Gasteiger partial charge in [0.1, 0.15) is 0 Å². The highest BCUT2D eigenvalue weighted by molar-refractivity contribution is 7.92. The molecule has 3 aromatic rings. The van der Waals surface area contributed by atoms with Crippen molar-refractivity contribution in [2.24, 2.45) is 0 Å². The van der Waals surface area contributed by atoms with Crippen molar-refractivity contribution in [3.8, 4) is 0 Å². The zero-order valence-corrected chi connectivity index (χ0v) is 19.8. The highest BCUT2D eigenvalue weighted by Gasteiger charge is 2.22. The minimum absolute atomic E-state index is 0.227. The van der Waals surface area contributed by atoms with Crippen molar-refractivity contribution in [1.82, 2.24) is 0 Å². The molecule has 0 unspecified atom stereocenters. The molecule has 0 atom stereocenters. The van der Waals surface area contributed by atoms with Gasteiger partial charge in [0.15, 0.2) is 0 Å². The monoisotopic (exact) mass is 463 g/mol. The second kappa shape index (κ2) is 9.67. The number of nitrogens with one attached hydrogen (secondary N) is 1. The van der Waals surface area contributed by atoms with E-state index in [2.05, 4.69) is 10.2 Å². The lowest BCUT2D eigenvalue weighted by Crippen LogP contribution is -2.30. The molecule has 1 N–H and O–H groups in total. The maximum atomic E-state index is 12.9. The van der Waals surface area contributed by atoms with Crippen molar-refractivity contribution in [1.29, 1.82) is 0 Å². The Morgan fingerprint density at radius 2 is 1.52 bits per heavy atom. The van der Waals surface area contributed by atoms with Gasteiger partial charge in [0.05, 0.1) is 22.0 Å². The molecule has 0 radical (unpaired) electrons. The first-order valence-corrected chi connectivity index (χ1v) is 12.6. The number of rotatable bonds is 6. The van der Waals surface area contributed by atoms with E-state index >= 15 is 0 Å². The van der Waals surface area contributed by atoms with E-state index < -0.39 is 10.0 Å². The lowest BCUT2D eigenvalue weighted by atomic mass is 10.1. The molecule has 1 saturated heterocycles. The molecule has 1 heterocycles. The van der Waals surface area contributed by atoms with Crippen molar-refractivity contribution in [2.75, 3.05) is 34.7 Å². The first-order valence-electron chi connectivity index (χ1n) is 11.2. The van der Waals surface area contributed by atoms with E-state index in [1.54, 1.807) is 48.5 Å². The molecule has 4 rings (SSSR count). The number of anilines is 3. The molecular formula is C26H29N3O3S. The predicted molar refractivity (Wildman–Crippen MR) is 134 cm³/mol. The number of carbonyl (C=O) groups is 1. The van der Waals surface area contributed by atoms with Gasteiger partial charge in [-0.15, -0.1) is 0 Å². The van der Waals surface area contributed by atoms with E-state index in [-0.39, 0.29) is 10.8 Å². The molecular weight excluding hydrogens is 434 g/mol. The molecule has 0 saturated carbocycles. The Morgan fingerprint density at radius 1 is 0.879 bits per heavy atom. The average Bonchev–Trinajstić information content (AvgIpc) is 2.85. The number of hydrogen-bond acceptors (Lipinski definition) is 4. The van der Waals surface area contributed by atoms with E-state index in [4.69, 9.17) is 0 Å². The van der Waals surface area contributed by atoms with Crippen LogP contribution >= 0.6 is 0 Å². The summed E-state index contributed by atoms with van der Waals surface area (Å²) in [5.41, 5.74) is 3.77. The van der Waals surface area contributed by atoms with E-state index in [1.807, 2.05) is 31.2 Å². The molecule has 6 nitrogen and oxygen atoms in total. The number of piperidine rings is 1. The van der Waals surface area contributed by atoms with Gasteiger partial charge in [-0.05, 0) is 74.7 Å². The largest absolute Gasteiger partial charge is 0.370 e. The predicted octanol–water partition coefficient (Wildman–Crippen LogP) is 5.06. The van der Waals surface area contributed by atoms with Gasteiger partial charge in [-0.2, -0.15) is 0 Å². The topological polar surface area (TPSA) is 69.7 Å². The van der Waals surface area contributed by atoms with Crippen molar-refractivity contribution in [3.05, 3.63) is 83.9 Å². The first kappa shape index (κ1) is 22.9. The Hall–Kier alpha value is -3.32. The second-order valence-corrected chi connectivity index (χ2v) is 10.3. The van der Waals surface area contributed by atoms with Gasteiger partial charge in [-0.1, -0.05) is 29.8 Å². The number of carbonyl (C=O) groups excluding carboxylic acids is 1. The van der Waals surface area contributed by atoms with Crippen LogP contribution in [0.15, 0.2) is 77.7 Å². The maximum absolute atomic E-state index is 12.9. The minimum atomic E-state index is -3.68. The number of amides is 1. The zero-order chi connectivity index (χ0) is 23.4. The Balaban J connectivity index is 1.50. The number of para-hydroxylation sites is 2. The Labute approximate surface area is 195 Å². The van der Waals surface area contributed by atoms with E-state index in [0.717, 1.165) is 42.9 Å². The Bertz CT molecular complexity index is 1220. The summed E-state index contributed by atoms with van der Waals surface area (Å²) in [6.45, 7) is 3.89. The molecule has 0 spiro atoms. The highest BCUT2D eigenvalue weighted by Crippen LogP contribution is 2.29. The molecule has 3 aromatic carbocycles. The molecule has 172 valence electrons. The van der Waals surface area contributed by atoms with Crippen molar-refractivity contribution in [3.63, 3.8) is 0 Å². The van der Waals surface area contributed by atoms with Crippen LogP contribution in [0.1, 0.15) is 35.2 Å². The number of aryl methyl sites for hydroxylation is 1.